The van der Waals surface area contributed by atoms with Crippen LogP contribution in [-0.4, -0.2) is 24.6 Å². The molecule has 35 heavy (non-hydrogen) atoms. The van der Waals surface area contributed by atoms with Gasteiger partial charge >= 0.3 is 5.69 Å². The van der Waals surface area contributed by atoms with Crippen molar-refractivity contribution in [1.82, 2.24) is 18.7 Å². The highest BCUT2D eigenvalue weighted by Crippen LogP contribution is 2.20. The Morgan fingerprint density at radius 1 is 1.09 bits per heavy atom. The molecule has 4 aromatic rings. The molecule has 0 atom stereocenters. The van der Waals surface area contributed by atoms with E-state index in [4.69, 9.17) is 11.6 Å². The number of carbonyl (C=O) groups excluding carboxylic acids is 1. The first kappa shape index (κ1) is 24.5. The van der Waals surface area contributed by atoms with Crippen molar-refractivity contribution in [1.29, 1.82) is 0 Å². The first-order valence-corrected chi connectivity index (χ1v) is 11.9. The maximum absolute atomic E-state index is 13.5. The largest absolute Gasteiger partial charge is 0.333 e. The third-order valence-electron chi connectivity index (χ3n) is 5.87. The summed E-state index contributed by atoms with van der Waals surface area (Å²) in [5.74, 6) is -0.0695. The maximum atomic E-state index is 13.5. The summed E-state index contributed by atoms with van der Waals surface area (Å²) < 4.78 is 4.20. The molecule has 2 aromatic carbocycles. The number of rotatable bonds is 8. The molecule has 0 aliphatic heterocycles. The van der Waals surface area contributed by atoms with Crippen molar-refractivity contribution in [2.45, 2.75) is 46.8 Å². The number of aromatic nitrogens is 4. The molecule has 0 bridgehead atoms. The first-order chi connectivity index (χ1) is 16.7. The predicted octanol–water partition coefficient (Wildman–Crippen LogP) is 4.05. The lowest BCUT2D eigenvalue weighted by molar-refractivity contribution is -0.116. The van der Waals surface area contributed by atoms with Crippen molar-refractivity contribution in [3.05, 3.63) is 91.8 Å². The van der Waals surface area contributed by atoms with Crippen LogP contribution in [0.3, 0.4) is 0 Å². The van der Waals surface area contributed by atoms with Crippen LogP contribution in [0.25, 0.3) is 11.2 Å². The Labute approximate surface area is 207 Å². The number of amides is 1. The normalized spacial score (nSPS) is 11.3. The van der Waals surface area contributed by atoms with E-state index in [-0.39, 0.29) is 6.54 Å². The molecule has 2 aromatic heterocycles. The van der Waals surface area contributed by atoms with Gasteiger partial charge in [0.05, 0.1) is 12.9 Å². The highest BCUT2D eigenvalue weighted by Gasteiger charge is 2.20. The number of carbonyl (C=O) groups is 1. The van der Waals surface area contributed by atoms with E-state index in [0.717, 1.165) is 22.1 Å². The van der Waals surface area contributed by atoms with Gasteiger partial charge in [-0.1, -0.05) is 61.8 Å². The van der Waals surface area contributed by atoms with Crippen LogP contribution in [0.5, 0.6) is 0 Å². The molecule has 0 aliphatic rings. The Morgan fingerprint density at radius 3 is 2.51 bits per heavy atom. The number of nitrogens with one attached hydrogen (secondary N) is 1. The zero-order chi connectivity index (χ0) is 25.1. The third-order valence-corrected chi connectivity index (χ3v) is 6.28. The molecule has 0 saturated carbocycles. The minimum absolute atomic E-state index is 0.229. The second kappa shape index (κ2) is 10.3. The quantitative estimate of drug-likeness (QED) is 0.401. The standard InChI is InChI=1S/C26H28ClN5O3/c1-17(2)11-12-30-16-28-24-23(30)25(34)32(26(35)31(24)14-19-7-5-4-6-8-19)15-22(33)29-20-10-9-18(3)21(27)13-20/h4-10,13,16-17H,11-12,14-15H2,1-3H3,(H,29,33). The summed E-state index contributed by atoms with van der Waals surface area (Å²) >= 11 is 6.16. The number of aryl methyl sites for hydroxylation is 2. The van der Waals surface area contributed by atoms with Gasteiger partial charge in [0, 0.05) is 17.3 Å². The zero-order valence-corrected chi connectivity index (χ0v) is 20.7. The van der Waals surface area contributed by atoms with Gasteiger partial charge in [0.25, 0.3) is 5.56 Å². The van der Waals surface area contributed by atoms with Crippen LogP contribution in [0.15, 0.2) is 64.4 Å². The molecule has 1 N–H and O–H groups in total. The van der Waals surface area contributed by atoms with Gasteiger partial charge in [-0.2, -0.15) is 0 Å². The van der Waals surface area contributed by atoms with Crippen molar-refractivity contribution >= 4 is 34.4 Å². The fraction of sp³-hybridized carbons (Fsp3) is 0.308. The Kier molecular flexibility index (Phi) is 7.21. The zero-order valence-electron chi connectivity index (χ0n) is 20.0. The highest BCUT2D eigenvalue weighted by molar-refractivity contribution is 6.31. The molecule has 0 saturated heterocycles. The van der Waals surface area contributed by atoms with E-state index in [1.54, 1.807) is 29.1 Å². The van der Waals surface area contributed by atoms with Crippen LogP contribution < -0.4 is 16.6 Å². The van der Waals surface area contributed by atoms with E-state index in [9.17, 15) is 14.4 Å². The van der Waals surface area contributed by atoms with Crippen molar-refractivity contribution in [2.75, 3.05) is 5.32 Å². The molecule has 0 radical (unpaired) electrons. The van der Waals surface area contributed by atoms with Crippen LogP contribution in [0, 0.1) is 12.8 Å². The second-order valence-corrected chi connectivity index (χ2v) is 9.46. The van der Waals surface area contributed by atoms with E-state index in [1.165, 1.54) is 4.57 Å². The SMILES string of the molecule is Cc1ccc(NC(=O)Cn2c(=O)c3c(ncn3CCC(C)C)n(Cc3ccccc3)c2=O)cc1Cl. The van der Waals surface area contributed by atoms with Crippen molar-refractivity contribution < 1.29 is 4.79 Å². The van der Waals surface area contributed by atoms with E-state index in [0.29, 0.717) is 34.3 Å². The molecular weight excluding hydrogens is 466 g/mol. The Bertz CT molecular complexity index is 1480. The topological polar surface area (TPSA) is 90.9 Å². The molecule has 182 valence electrons. The fourth-order valence-electron chi connectivity index (χ4n) is 3.87. The number of nitrogens with zero attached hydrogens (tertiary/aromatic N) is 4. The lowest BCUT2D eigenvalue weighted by atomic mass is 10.1. The summed E-state index contributed by atoms with van der Waals surface area (Å²) in [5, 5.41) is 3.24. The predicted molar refractivity (Wildman–Crippen MR) is 138 cm³/mol. The van der Waals surface area contributed by atoms with Crippen LogP contribution in [-0.2, 0) is 24.4 Å². The third kappa shape index (κ3) is 5.38. The van der Waals surface area contributed by atoms with Gasteiger partial charge < -0.3 is 9.88 Å². The molecule has 0 fully saturated rings. The minimum Gasteiger partial charge on any atom is -0.325 e. The van der Waals surface area contributed by atoms with Gasteiger partial charge in [-0.05, 0) is 42.5 Å². The Balaban J connectivity index is 1.76. The summed E-state index contributed by atoms with van der Waals surface area (Å²) in [4.78, 5) is 44.2. The number of hydrogen-bond donors (Lipinski definition) is 1. The van der Waals surface area contributed by atoms with E-state index in [2.05, 4.69) is 24.1 Å². The monoisotopic (exact) mass is 493 g/mol. The van der Waals surface area contributed by atoms with E-state index < -0.39 is 23.7 Å². The molecule has 9 heteroatoms. The lowest BCUT2D eigenvalue weighted by Crippen LogP contribution is -2.43. The van der Waals surface area contributed by atoms with Gasteiger partial charge in [-0.15, -0.1) is 0 Å². The summed E-state index contributed by atoms with van der Waals surface area (Å²) in [7, 11) is 0. The minimum atomic E-state index is -0.586. The molecule has 2 heterocycles. The summed E-state index contributed by atoms with van der Waals surface area (Å²) in [5.41, 5.74) is 1.76. The lowest BCUT2D eigenvalue weighted by Gasteiger charge is -2.13. The average molecular weight is 494 g/mol. The number of imidazole rings is 1. The van der Waals surface area contributed by atoms with Crippen molar-refractivity contribution in [3.63, 3.8) is 0 Å². The van der Waals surface area contributed by atoms with E-state index in [1.807, 2.05) is 37.3 Å². The van der Waals surface area contributed by atoms with Gasteiger partial charge in [-0.3, -0.25) is 14.2 Å². The average Bonchev–Trinajstić information content (AvgIpc) is 3.25. The Morgan fingerprint density at radius 2 is 1.83 bits per heavy atom. The number of halogens is 1. The van der Waals surface area contributed by atoms with Crippen LogP contribution in [0.2, 0.25) is 5.02 Å². The number of anilines is 1. The van der Waals surface area contributed by atoms with Gasteiger partial charge in [-0.25, -0.2) is 14.3 Å². The van der Waals surface area contributed by atoms with Gasteiger partial charge in [0.15, 0.2) is 11.2 Å². The van der Waals surface area contributed by atoms with Gasteiger partial charge in [0.2, 0.25) is 5.91 Å². The number of benzene rings is 2. The van der Waals surface area contributed by atoms with Crippen molar-refractivity contribution in [2.24, 2.45) is 5.92 Å². The summed E-state index contributed by atoms with van der Waals surface area (Å²) in [6.07, 6.45) is 2.44. The van der Waals surface area contributed by atoms with E-state index >= 15 is 0 Å². The summed E-state index contributed by atoms with van der Waals surface area (Å²) in [6.45, 7) is 6.45. The molecule has 1 amide bonds. The first-order valence-electron chi connectivity index (χ1n) is 11.5. The smallest absolute Gasteiger partial charge is 0.325 e. The van der Waals surface area contributed by atoms with Crippen LogP contribution in [0.1, 0.15) is 31.4 Å². The summed E-state index contributed by atoms with van der Waals surface area (Å²) in [6, 6.07) is 14.6. The molecule has 8 nitrogen and oxygen atoms in total. The van der Waals surface area contributed by atoms with Crippen molar-refractivity contribution in [3.8, 4) is 0 Å². The molecule has 4 rings (SSSR count). The molecule has 0 aliphatic carbocycles. The molecular formula is C26H28ClN5O3. The highest BCUT2D eigenvalue weighted by atomic mass is 35.5. The number of fused-ring (bicyclic) bond motifs is 1. The molecule has 0 unspecified atom stereocenters. The maximum Gasteiger partial charge on any atom is 0.333 e. The Hall–Kier alpha value is -3.65. The number of hydrogen-bond acceptors (Lipinski definition) is 4. The fourth-order valence-corrected chi connectivity index (χ4v) is 4.05. The van der Waals surface area contributed by atoms with Gasteiger partial charge in [0.1, 0.15) is 6.54 Å². The van der Waals surface area contributed by atoms with Crippen LogP contribution >= 0.6 is 11.6 Å². The molecule has 0 spiro atoms. The second-order valence-electron chi connectivity index (χ2n) is 9.05. The van der Waals surface area contributed by atoms with Crippen LogP contribution in [0.4, 0.5) is 5.69 Å².